The van der Waals surface area contributed by atoms with Crippen molar-refractivity contribution in [3.05, 3.63) is 0 Å². The van der Waals surface area contributed by atoms with Crippen molar-refractivity contribution in [2.24, 2.45) is 11.8 Å². The van der Waals surface area contributed by atoms with Crippen LogP contribution < -0.4 is 5.32 Å². The normalized spacial score (nSPS) is 20.8. The van der Waals surface area contributed by atoms with Gasteiger partial charge in [0.15, 0.2) is 0 Å². The molecule has 0 aromatic carbocycles. The van der Waals surface area contributed by atoms with Crippen LogP contribution in [0.15, 0.2) is 0 Å². The average molecular weight is 227 g/mol. The SMILES string of the molecule is CC(C)C(C)(NC(=O)C1CCCC1)C(=O)O. The fourth-order valence-corrected chi connectivity index (χ4v) is 1.99. The summed E-state index contributed by atoms with van der Waals surface area (Å²) in [5, 5.41) is 11.9. The van der Waals surface area contributed by atoms with Crippen LogP contribution in [0, 0.1) is 11.8 Å². The summed E-state index contributed by atoms with van der Waals surface area (Å²) in [6.07, 6.45) is 3.92. The summed E-state index contributed by atoms with van der Waals surface area (Å²) in [6, 6.07) is 0. The summed E-state index contributed by atoms with van der Waals surface area (Å²) in [5.74, 6) is -1.18. The highest BCUT2D eigenvalue weighted by Gasteiger charge is 2.39. The van der Waals surface area contributed by atoms with Crippen LogP contribution in [0.2, 0.25) is 0 Å². The summed E-state index contributed by atoms with van der Waals surface area (Å²) in [5.41, 5.74) is -1.15. The maximum atomic E-state index is 11.9. The third-order valence-electron chi connectivity index (χ3n) is 3.71. The molecule has 1 rings (SSSR count). The molecule has 92 valence electrons. The lowest BCUT2D eigenvalue weighted by atomic mass is 9.87. The molecule has 4 nitrogen and oxygen atoms in total. The number of hydrogen-bond acceptors (Lipinski definition) is 2. The van der Waals surface area contributed by atoms with Crippen LogP contribution in [0.25, 0.3) is 0 Å². The molecule has 1 aliphatic rings. The number of aliphatic carboxylic acids is 1. The smallest absolute Gasteiger partial charge is 0.329 e. The minimum absolute atomic E-state index is 0.0115. The minimum atomic E-state index is -1.15. The van der Waals surface area contributed by atoms with Gasteiger partial charge in [-0.2, -0.15) is 0 Å². The molecule has 1 amide bonds. The molecule has 1 atom stereocenters. The highest BCUT2D eigenvalue weighted by atomic mass is 16.4. The van der Waals surface area contributed by atoms with Crippen LogP contribution in [-0.2, 0) is 9.59 Å². The van der Waals surface area contributed by atoms with E-state index in [9.17, 15) is 14.7 Å². The average Bonchev–Trinajstić information content (AvgIpc) is 2.69. The first-order chi connectivity index (χ1) is 7.38. The Balaban J connectivity index is 2.68. The van der Waals surface area contributed by atoms with Crippen LogP contribution in [-0.4, -0.2) is 22.5 Å². The number of carbonyl (C=O) groups is 2. The molecular formula is C12H21NO3. The van der Waals surface area contributed by atoms with Crippen molar-refractivity contribution in [3.8, 4) is 0 Å². The molecule has 1 unspecified atom stereocenters. The van der Waals surface area contributed by atoms with Crippen molar-refractivity contribution in [1.82, 2.24) is 5.32 Å². The molecule has 4 heteroatoms. The Hall–Kier alpha value is -1.06. The standard InChI is InChI=1S/C12H21NO3/c1-8(2)12(3,11(15)16)13-10(14)9-6-4-5-7-9/h8-9H,4-7H2,1-3H3,(H,13,14)(H,15,16). The van der Waals surface area contributed by atoms with E-state index in [-0.39, 0.29) is 17.7 Å². The maximum absolute atomic E-state index is 11.9. The Morgan fingerprint density at radius 2 is 1.81 bits per heavy atom. The van der Waals surface area contributed by atoms with Gasteiger partial charge in [0, 0.05) is 5.92 Å². The molecule has 2 N–H and O–H groups in total. The molecule has 1 saturated carbocycles. The molecule has 1 fully saturated rings. The fraction of sp³-hybridized carbons (Fsp3) is 0.833. The van der Waals surface area contributed by atoms with Gasteiger partial charge in [0.1, 0.15) is 5.54 Å². The van der Waals surface area contributed by atoms with Crippen LogP contribution in [0.3, 0.4) is 0 Å². The van der Waals surface area contributed by atoms with Crippen LogP contribution in [0.5, 0.6) is 0 Å². The zero-order valence-corrected chi connectivity index (χ0v) is 10.2. The summed E-state index contributed by atoms with van der Waals surface area (Å²) < 4.78 is 0. The predicted molar refractivity (Wildman–Crippen MR) is 61.0 cm³/mol. The number of amides is 1. The van der Waals surface area contributed by atoms with E-state index < -0.39 is 11.5 Å². The minimum Gasteiger partial charge on any atom is -0.480 e. The van der Waals surface area contributed by atoms with Gasteiger partial charge >= 0.3 is 5.97 Å². The van der Waals surface area contributed by atoms with Gasteiger partial charge in [0.2, 0.25) is 5.91 Å². The quantitative estimate of drug-likeness (QED) is 0.769. The Morgan fingerprint density at radius 3 is 2.19 bits per heavy atom. The number of carboxylic acids is 1. The van der Waals surface area contributed by atoms with E-state index in [1.54, 1.807) is 6.92 Å². The topological polar surface area (TPSA) is 66.4 Å². The monoisotopic (exact) mass is 227 g/mol. The Morgan fingerprint density at radius 1 is 1.31 bits per heavy atom. The zero-order valence-electron chi connectivity index (χ0n) is 10.2. The Bertz CT molecular complexity index is 282. The second-order valence-electron chi connectivity index (χ2n) is 5.13. The third kappa shape index (κ3) is 2.54. The van der Waals surface area contributed by atoms with E-state index in [0.717, 1.165) is 25.7 Å². The van der Waals surface area contributed by atoms with Crippen LogP contribution in [0.1, 0.15) is 46.5 Å². The van der Waals surface area contributed by atoms with Gasteiger partial charge in [-0.05, 0) is 25.7 Å². The van der Waals surface area contributed by atoms with E-state index in [1.165, 1.54) is 0 Å². The van der Waals surface area contributed by atoms with Crippen molar-refractivity contribution in [2.75, 3.05) is 0 Å². The van der Waals surface area contributed by atoms with E-state index in [2.05, 4.69) is 5.32 Å². The number of rotatable bonds is 4. The first kappa shape index (κ1) is 13.0. The van der Waals surface area contributed by atoms with Crippen LogP contribution >= 0.6 is 0 Å². The van der Waals surface area contributed by atoms with Gasteiger partial charge in [0.05, 0.1) is 0 Å². The summed E-state index contributed by atoms with van der Waals surface area (Å²) in [6.45, 7) is 5.19. The maximum Gasteiger partial charge on any atom is 0.329 e. The van der Waals surface area contributed by atoms with Gasteiger partial charge < -0.3 is 10.4 Å². The summed E-state index contributed by atoms with van der Waals surface area (Å²) >= 11 is 0. The molecule has 0 aliphatic heterocycles. The van der Waals surface area contributed by atoms with Gasteiger partial charge in [-0.1, -0.05) is 26.7 Å². The Kier molecular flexibility index (Phi) is 3.94. The number of nitrogens with one attached hydrogen (secondary N) is 1. The number of hydrogen-bond donors (Lipinski definition) is 2. The van der Waals surface area contributed by atoms with E-state index >= 15 is 0 Å². The lowest BCUT2D eigenvalue weighted by molar-refractivity contribution is -0.149. The summed E-state index contributed by atoms with van der Waals surface area (Å²) in [7, 11) is 0. The molecule has 0 heterocycles. The molecule has 0 radical (unpaired) electrons. The van der Waals surface area contributed by atoms with Gasteiger partial charge in [-0.15, -0.1) is 0 Å². The molecule has 16 heavy (non-hydrogen) atoms. The molecule has 0 spiro atoms. The second kappa shape index (κ2) is 4.85. The van der Waals surface area contributed by atoms with Crippen molar-refractivity contribution in [2.45, 2.75) is 52.0 Å². The lowest BCUT2D eigenvalue weighted by Gasteiger charge is -2.31. The van der Waals surface area contributed by atoms with Gasteiger partial charge in [-0.3, -0.25) is 4.79 Å². The molecular weight excluding hydrogens is 206 g/mol. The van der Waals surface area contributed by atoms with Crippen molar-refractivity contribution in [1.29, 1.82) is 0 Å². The van der Waals surface area contributed by atoms with E-state index in [1.807, 2.05) is 13.8 Å². The zero-order chi connectivity index (χ0) is 12.3. The van der Waals surface area contributed by atoms with Crippen molar-refractivity contribution >= 4 is 11.9 Å². The number of carboxylic acid groups (broad SMARTS) is 1. The number of carbonyl (C=O) groups excluding carboxylic acids is 1. The second-order valence-corrected chi connectivity index (χ2v) is 5.13. The highest BCUT2D eigenvalue weighted by Crippen LogP contribution is 2.26. The van der Waals surface area contributed by atoms with Crippen molar-refractivity contribution < 1.29 is 14.7 Å². The highest BCUT2D eigenvalue weighted by molar-refractivity contribution is 5.88. The molecule has 0 saturated heterocycles. The lowest BCUT2D eigenvalue weighted by Crippen LogP contribution is -2.57. The molecule has 0 aromatic heterocycles. The fourth-order valence-electron chi connectivity index (χ4n) is 1.99. The summed E-state index contributed by atoms with van der Waals surface area (Å²) in [4.78, 5) is 23.1. The first-order valence-electron chi connectivity index (χ1n) is 5.93. The largest absolute Gasteiger partial charge is 0.480 e. The third-order valence-corrected chi connectivity index (χ3v) is 3.71. The van der Waals surface area contributed by atoms with Gasteiger partial charge in [-0.25, -0.2) is 4.79 Å². The molecule has 0 aromatic rings. The molecule has 0 bridgehead atoms. The van der Waals surface area contributed by atoms with Gasteiger partial charge in [0.25, 0.3) is 0 Å². The Labute approximate surface area is 96.4 Å². The predicted octanol–water partition coefficient (Wildman–Crippen LogP) is 1.79. The van der Waals surface area contributed by atoms with E-state index in [4.69, 9.17) is 0 Å². The first-order valence-corrected chi connectivity index (χ1v) is 5.93. The molecule has 1 aliphatic carbocycles. The van der Waals surface area contributed by atoms with Crippen molar-refractivity contribution in [3.63, 3.8) is 0 Å². The van der Waals surface area contributed by atoms with E-state index in [0.29, 0.717) is 0 Å². The van der Waals surface area contributed by atoms with Crippen LogP contribution in [0.4, 0.5) is 0 Å².